The number of thioether (sulfide) groups is 1. The Labute approximate surface area is 127 Å². The van der Waals surface area contributed by atoms with E-state index in [2.05, 4.69) is 67.8 Å². The maximum absolute atomic E-state index is 6.56. The second-order valence-electron chi connectivity index (χ2n) is 5.55. The van der Waals surface area contributed by atoms with Crippen molar-refractivity contribution in [2.24, 2.45) is 5.92 Å². The number of rotatable bonds is 2. The number of hydrogen-bond acceptors (Lipinski definition) is 3. The highest BCUT2D eigenvalue weighted by Gasteiger charge is 2.66. The van der Waals surface area contributed by atoms with Crippen LogP contribution in [-0.4, -0.2) is 4.93 Å². The average molecular weight is 300 g/mol. The number of hydrogen-bond donors (Lipinski definition) is 0. The molecular weight excluding hydrogens is 284 g/mol. The molecule has 20 heavy (non-hydrogen) atoms. The molecule has 0 radical (unpaired) electrons. The first-order valence-corrected chi connectivity index (χ1v) is 8.52. The van der Waals surface area contributed by atoms with Gasteiger partial charge in [0.1, 0.15) is 10.5 Å². The van der Waals surface area contributed by atoms with E-state index in [1.54, 1.807) is 11.3 Å². The van der Waals surface area contributed by atoms with Gasteiger partial charge in [-0.05, 0) is 35.8 Å². The molecule has 0 saturated carbocycles. The van der Waals surface area contributed by atoms with Crippen LogP contribution in [0.3, 0.4) is 0 Å². The molecular formula is C17H16OS2. The third kappa shape index (κ3) is 1.54. The SMILES string of the molecule is CC1=CC2[C@](c3ccccc3)(c3cccs3)O[C@@]2(C)S1. The molecule has 1 aromatic carbocycles. The lowest BCUT2D eigenvalue weighted by Crippen LogP contribution is -2.61. The van der Waals surface area contributed by atoms with Crippen molar-refractivity contribution in [3.05, 3.63) is 69.3 Å². The van der Waals surface area contributed by atoms with Crippen LogP contribution in [0.5, 0.6) is 0 Å². The van der Waals surface area contributed by atoms with Crippen molar-refractivity contribution < 1.29 is 4.74 Å². The van der Waals surface area contributed by atoms with Gasteiger partial charge in [-0.2, -0.15) is 0 Å². The molecule has 0 amide bonds. The fourth-order valence-electron chi connectivity index (χ4n) is 3.46. The van der Waals surface area contributed by atoms with Gasteiger partial charge in [-0.3, -0.25) is 0 Å². The fourth-order valence-corrected chi connectivity index (χ4v) is 5.76. The summed E-state index contributed by atoms with van der Waals surface area (Å²) in [6, 6.07) is 14.9. The smallest absolute Gasteiger partial charge is 0.139 e. The standard InChI is InChI=1S/C17H16OS2/c1-12-11-14-16(2,20-12)18-17(14,15-9-6-10-19-15)13-7-4-3-5-8-13/h3-11,14H,1-2H3/t14?,16-,17+/m0/s1. The Balaban J connectivity index is 1.90. The molecule has 2 aromatic rings. The normalized spacial score (nSPS) is 35.3. The van der Waals surface area contributed by atoms with Crippen LogP contribution in [0.15, 0.2) is 58.8 Å². The first kappa shape index (κ1) is 12.7. The highest BCUT2D eigenvalue weighted by atomic mass is 32.2. The summed E-state index contributed by atoms with van der Waals surface area (Å²) in [6.45, 7) is 4.39. The van der Waals surface area contributed by atoms with Gasteiger partial charge in [0.05, 0.1) is 5.92 Å². The zero-order valence-electron chi connectivity index (χ0n) is 11.5. The van der Waals surface area contributed by atoms with Crippen molar-refractivity contribution in [2.75, 3.05) is 0 Å². The summed E-state index contributed by atoms with van der Waals surface area (Å²) >= 11 is 3.64. The van der Waals surface area contributed by atoms with Gasteiger partial charge in [-0.25, -0.2) is 0 Å². The van der Waals surface area contributed by atoms with E-state index in [4.69, 9.17) is 4.74 Å². The van der Waals surface area contributed by atoms with Crippen molar-refractivity contribution in [2.45, 2.75) is 24.4 Å². The second kappa shape index (κ2) is 4.23. The molecule has 2 aliphatic rings. The van der Waals surface area contributed by atoms with Gasteiger partial charge in [0, 0.05) is 4.88 Å². The molecule has 3 atom stereocenters. The van der Waals surface area contributed by atoms with E-state index < -0.39 is 0 Å². The van der Waals surface area contributed by atoms with Crippen molar-refractivity contribution >= 4 is 23.1 Å². The number of thiophene rings is 1. The van der Waals surface area contributed by atoms with E-state index in [0.717, 1.165) is 0 Å². The zero-order chi connectivity index (χ0) is 13.8. The summed E-state index contributed by atoms with van der Waals surface area (Å²) in [5.74, 6) is 0.404. The van der Waals surface area contributed by atoms with E-state index in [0.29, 0.717) is 5.92 Å². The van der Waals surface area contributed by atoms with Crippen LogP contribution in [0.4, 0.5) is 0 Å². The van der Waals surface area contributed by atoms with Gasteiger partial charge in [0.25, 0.3) is 0 Å². The summed E-state index contributed by atoms with van der Waals surface area (Å²) in [7, 11) is 0. The maximum atomic E-state index is 6.56. The predicted octanol–water partition coefficient (Wildman–Crippen LogP) is 5.00. The third-order valence-electron chi connectivity index (χ3n) is 4.22. The molecule has 4 rings (SSSR count). The van der Waals surface area contributed by atoms with E-state index in [1.807, 2.05) is 11.8 Å². The van der Waals surface area contributed by atoms with Crippen LogP contribution in [0.25, 0.3) is 0 Å². The molecule has 0 spiro atoms. The highest BCUT2D eigenvalue weighted by Crippen LogP contribution is 2.67. The lowest BCUT2D eigenvalue weighted by molar-refractivity contribution is -0.236. The monoisotopic (exact) mass is 300 g/mol. The maximum Gasteiger partial charge on any atom is 0.139 e. The van der Waals surface area contributed by atoms with Crippen LogP contribution in [0, 0.1) is 5.92 Å². The molecule has 102 valence electrons. The van der Waals surface area contributed by atoms with Crippen LogP contribution in [0.2, 0.25) is 0 Å². The number of ether oxygens (including phenoxy) is 1. The second-order valence-corrected chi connectivity index (χ2v) is 8.16. The Morgan fingerprint density at radius 1 is 1.10 bits per heavy atom. The van der Waals surface area contributed by atoms with Gasteiger partial charge in [0.15, 0.2) is 0 Å². The van der Waals surface area contributed by atoms with Crippen molar-refractivity contribution in [3.8, 4) is 0 Å². The number of allylic oxidation sites excluding steroid dienone is 1. The van der Waals surface area contributed by atoms with Gasteiger partial charge in [-0.15, -0.1) is 11.3 Å². The molecule has 0 aliphatic carbocycles. The molecule has 2 aliphatic heterocycles. The molecule has 3 heterocycles. The van der Waals surface area contributed by atoms with E-state index >= 15 is 0 Å². The third-order valence-corrected chi connectivity index (χ3v) is 6.41. The summed E-state index contributed by atoms with van der Waals surface area (Å²) in [5.41, 5.74) is 0.964. The molecule has 1 saturated heterocycles. The predicted molar refractivity (Wildman–Crippen MR) is 85.9 cm³/mol. The lowest BCUT2D eigenvalue weighted by atomic mass is 9.71. The number of fused-ring (bicyclic) bond motifs is 1. The van der Waals surface area contributed by atoms with E-state index in [9.17, 15) is 0 Å². The first-order chi connectivity index (χ1) is 9.65. The Hall–Kier alpha value is -1.03. The molecule has 3 heteroatoms. The van der Waals surface area contributed by atoms with Crippen molar-refractivity contribution in [3.63, 3.8) is 0 Å². The molecule has 0 N–H and O–H groups in total. The number of benzene rings is 1. The minimum Gasteiger partial charge on any atom is -0.346 e. The topological polar surface area (TPSA) is 9.23 Å². The van der Waals surface area contributed by atoms with Crippen LogP contribution in [0.1, 0.15) is 24.3 Å². The van der Waals surface area contributed by atoms with E-state index in [-0.39, 0.29) is 10.5 Å². The summed E-state index contributed by atoms with van der Waals surface area (Å²) in [6.07, 6.45) is 2.39. The zero-order valence-corrected chi connectivity index (χ0v) is 13.1. The fraction of sp³-hybridized carbons (Fsp3) is 0.294. The first-order valence-electron chi connectivity index (χ1n) is 6.82. The Kier molecular flexibility index (Phi) is 2.69. The van der Waals surface area contributed by atoms with Crippen molar-refractivity contribution in [1.82, 2.24) is 0 Å². The Morgan fingerprint density at radius 3 is 2.55 bits per heavy atom. The Bertz CT molecular complexity index is 662. The quantitative estimate of drug-likeness (QED) is 0.771. The molecule has 1 nitrogen and oxygen atoms in total. The largest absolute Gasteiger partial charge is 0.346 e. The minimum atomic E-state index is -0.297. The van der Waals surface area contributed by atoms with Crippen LogP contribution in [-0.2, 0) is 10.3 Å². The van der Waals surface area contributed by atoms with E-state index in [1.165, 1.54) is 15.3 Å². The van der Waals surface area contributed by atoms with Crippen LogP contribution < -0.4 is 0 Å². The average Bonchev–Trinajstić information content (AvgIpc) is 3.04. The molecule has 0 bridgehead atoms. The summed E-state index contributed by atoms with van der Waals surface area (Å²) in [5, 5.41) is 2.14. The lowest BCUT2D eigenvalue weighted by Gasteiger charge is -2.57. The van der Waals surface area contributed by atoms with Gasteiger partial charge in [-0.1, -0.05) is 54.2 Å². The molecule has 1 aromatic heterocycles. The molecule has 1 fully saturated rings. The van der Waals surface area contributed by atoms with Gasteiger partial charge in [0.2, 0.25) is 0 Å². The Morgan fingerprint density at radius 2 is 1.90 bits per heavy atom. The van der Waals surface area contributed by atoms with Gasteiger partial charge >= 0.3 is 0 Å². The minimum absolute atomic E-state index is 0.107. The van der Waals surface area contributed by atoms with Crippen LogP contribution >= 0.6 is 23.1 Å². The molecule has 1 unspecified atom stereocenters. The summed E-state index contributed by atoms with van der Waals surface area (Å²) in [4.78, 5) is 2.56. The van der Waals surface area contributed by atoms with Crippen molar-refractivity contribution in [1.29, 1.82) is 0 Å². The summed E-state index contributed by atoms with van der Waals surface area (Å²) < 4.78 is 6.56. The highest BCUT2D eigenvalue weighted by molar-refractivity contribution is 8.04. The van der Waals surface area contributed by atoms with Gasteiger partial charge < -0.3 is 4.74 Å².